The van der Waals surface area contributed by atoms with Gasteiger partial charge in [0.05, 0.1) is 0 Å². The molecule has 0 atom stereocenters. The molecule has 0 saturated carbocycles. The zero-order chi connectivity index (χ0) is 11.6. The van der Waals surface area contributed by atoms with Gasteiger partial charge >= 0.3 is 0 Å². The molecule has 15 heavy (non-hydrogen) atoms. The van der Waals surface area contributed by atoms with Gasteiger partial charge < -0.3 is 10.9 Å². The lowest BCUT2D eigenvalue weighted by molar-refractivity contribution is 0.318. The molecule has 0 spiro atoms. The molecule has 0 saturated heterocycles. The molecule has 0 aliphatic rings. The molecule has 1 aromatic rings. The number of benzene rings is 1. The van der Waals surface area contributed by atoms with Gasteiger partial charge in [0.2, 0.25) is 0 Å². The third-order valence-corrected chi connectivity index (χ3v) is 2.49. The predicted octanol–water partition coefficient (Wildman–Crippen LogP) is 2.39. The highest BCUT2D eigenvalue weighted by molar-refractivity contribution is 5.98. The van der Waals surface area contributed by atoms with E-state index in [0.29, 0.717) is 0 Å². The minimum Gasteiger partial charge on any atom is -0.409 e. The van der Waals surface area contributed by atoms with Gasteiger partial charge in [-0.25, -0.2) is 0 Å². The number of nitrogens with two attached hydrogens (primary N) is 1. The van der Waals surface area contributed by atoms with Crippen LogP contribution in [0.5, 0.6) is 0 Å². The molecule has 1 rings (SSSR count). The van der Waals surface area contributed by atoms with Crippen molar-refractivity contribution in [3.63, 3.8) is 0 Å². The summed E-state index contributed by atoms with van der Waals surface area (Å²) in [5.41, 5.74) is 8.66. The fourth-order valence-corrected chi connectivity index (χ4v) is 1.42. The molecule has 0 unspecified atom stereocenters. The van der Waals surface area contributed by atoms with E-state index in [9.17, 15) is 0 Å². The average Bonchev–Trinajstić information content (AvgIpc) is 2.15. The molecule has 3 heteroatoms. The molecule has 0 aliphatic carbocycles. The fourth-order valence-electron chi connectivity index (χ4n) is 1.42. The highest BCUT2D eigenvalue weighted by Crippen LogP contribution is 2.24. The lowest BCUT2D eigenvalue weighted by Crippen LogP contribution is -2.18. The zero-order valence-corrected chi connectivity index (χ0v) is 9.70. The Morgan fingerprint density at radius 3 is 2.40 bits per heavy atom. The Labute approximate surface area is 90.6 Å². The van der Waals surface area contributed by atoms with Crippen molar-refractivity contribution in [2.45, 2.75) is 33.1 Å². The molecule has 0 heterocycles. The quantitative estimate of drug-likeness (QED) is 0.321. The Morgan fingerprint density at radius 2 is 1.93 bits per heavy atom. The lowest BCUT2D eigenvalue weighted by atomic mass is 9.85. The highest BCUT2D eigenvalue weighted by Gasteiger charge is 2.15. The second-order valence-corrected chi connectivity index (χ2v) is 4.76. The van der Waals surface area contributed by atoms with Gasteiger partial charge in [-0.15, -0.1) is 0 Å². The van der Waals surface area contributed by atoms with Crippen LogP contribution in [0.15, 0.2) is 23.4 Å². The van der Waals surface area contributed by atoms with Crippen LogP contribution in [0.1, 0.15) is 37.5 Å². The maximum absolute atomic E-state index is 8.67. The maximum Gasteiger partial charge on any atom is 0.170 e. The summed E-state index contributed by atoms with van der Waals surface area (Å²) in [4.78, 5) is 0. The van der Waals surface area contributed by atoms with Crippen LogP contribution in [0, 0.1) is 6.92 Å². The van der Waals surface area contributed by atoms with E-state index < -0.39 is 0 Å². The normalized spacial score (nSPS) is 12.9. The number of oxime groups is 1. The molecule has 0 fully saturated rings. The van der Waals surface area contributed by atoms with Gasteiger partial charge in [-0.05, 0) is 29.5 Å². The van der Waals surface area contributed by atoms with Crippen LogP contribution in [-0.4, -0.2) is 11.0 Å². The van der Waals surface area contributed by atoms with Crippen molar-refractivity contribution in [1.29, 1.82) is 0 Å². The van der Waals surface area contributed by atoms with Crippen molar-refractivity contribution in [3.05, 3.63) is 34.9 Å². The second kappa shape index (κ2) is 3.93. The van der Waals surface area contributed by atoms with E-state index >= 15 is 0 Å². The molecule has 0 aromatic heterocycles. The summed E-state index contributed by atoms with van der Waals surface area (Å²) in [6.45, 7) is 8.34. The van der Waals surface area contributed by atoms with Crippen molar-refractivity contribution >= 4 is 5.84 Å². The fraction of sp³-hybridized carbons (Fsp3) is 0.417. The van der Waals surface area contributed by atoms with Crippen LogP contribution in [0.25, 0.3) is 0 Å². The highest BCUT2D eigenvalue weighted by atomic mass is 16.4. The minimum atomic E-state index is 0.0676. The summed E-state index contributed by atoms with van der Waals surface area (Å²) in [7, 11) is 0. The molecule has 0 bridgehead atoms. The van der Waals surface area contributed by atoms with Gasteiger partial charge in [-0.2, -0.15) is 0 Å². The average molecular weight is 206 g/mol. The zero-order valence-electron chi connectivity index (χ0n) is 9.70. The summed E-state index contributed by atoms with van der Waals surface area (Å²) >= 11 is 0. The molecular weight excluding hydrogens is 188 g/mol. The van der Waals surface area contributed by atoms with E-state index in [2.05, 4.69) is 32.0 Å². The summed E-state index contributed by atoms with van der Waals surface area (Å²) in [5, 5.41) is 11.7. The van der Waals surface area contributed by atoms with E-state index in [1.165, 1.54) is 5.56 Å². The second-order valence-electron chi connectivity index (χ2n) is 4.76. The van der Waals surface area contributed by atoms with Crippen molar-refractivity contribution < 1.29 is 5.21 Å². The smallest absolute Gasteiger partial charge is 0.170 e. The maximum atomic E-state index is 8.67. The monoisotopic (exact) mass is 206 g/mol. The third-order valence-electron chi connectivity index (χ3n) is 2.49. The van der Waals surface area contributed by atoms with Crippen LogP contribution in [0.3, 0.4) is 0 Å². The Balaban J connectivity index is 3.29. The molecule has 0 amide bonds. The van der Waals surface area contributed by atoms with Gasteiger partial charge in [0.1, 0.15) is 0 Å². The van der Waals surface area contributed by atoms with E-state index in [-0.39, 0.29) is 11.3 Å². The molecule has 3 N–H and O–H groups in total. The lowest BCUT2D eigenvalue weighted by Gasteiger charge is -2.20. The van der Waals surface area contributed by atoms with Gasteiger partial charge in [-0.3, -0.25) is 0 Å². The Hall–Kier alpha value is -1.51. The van der Waals surface area contributed by atoms with Crippen molar-refractivity contribution in [3.8, 4) is 0 Å². The largest absolute Gasteiger partial charge is 0.409 e. The molecular formula is C12H18N2O. The van der Waals surface area contributed by atoms with E-state index in [1.807, 2.05) is 19.1 Å². The van der Waals surface area contributed by atoms with E-state index in [4.69, 9.17) is 10.9 Å². The van der Waals surface area contributed by atoms with Crippen LogP contribution in [-0.2, 0) is 5.41 Å². The minimum absolute atomic E-state index is 0.0676. The summed E-state index contributed by atoms with van der Waals surface area (Å²) in [5.74, 6) is 0.165. The van der Waals surface area contributed by atoms with E-state index in [0.717, 1.165) is 11.1 Å². The van der Waals surface area contributed by atoms with Crippen LogP contribution in [0.4, 0.5) is 0 Å². The Bertz CT molecular complexity index is 389. The summed E-state index contributed by atoms with van der Waals surface area (Å²) in [6.07, 6.45) is 0. The van der Waals surface area contributed by atoms with Gasteiger partial charge in [0.15, 0.2) is 5.84 Å². The molecule has 0 aliphatic heterocycles. The number of hydrogen-bond donors (Lipinski definition) is 2. The van der Waals surface area contributed by atoms with Gasteiger partial charge in [-0.1, -0.05) is 38.1 Å². The van der Waals surface area contributed by atoms with Crippen LogP contribution >= 0.6 is 0 Å². The van der Waals surface area contributed by atoms with Gasteiger partial charge in [0.25, 0.3) is 0 Å². The standard InChI is InChI=1S/C12H18N2O/c1-8-5-6-9(12(2,3)4)7-10(8)11(13)14-15/h5-7,15H,1-4H3,(H2,13,14). The van der Waals surface area contributed by atoms with Crippen LogP contribution in [0.2, 0.25) is 0 Å². The Morgan fingerprint density at radius 1 is 1.33 bits per heavy atom. The number of amidine groups is 1. The predicted molar refractivity (Wildman–Crippen MR) is 62.4 cm³/mol. The SMILES string of the molecule is Cc1ccc(C(C)(C)C)cc1/C(N)=N/O. The molecule has 0 radical (unpaired) electrons. The first-order valence-corrected chi connectivity index (χ1v) is 4.95. The third kappa shape index (κ3) is 2.49. The first kappa shape index (κ1) is 11.6. The molecule has 1 aromatic carbocycles. The van der Waals surface area contributed by atoms with E-state index in [1.54, 1.807) is 0 Å². The van der Waals surface area contributed by atoms with Crippen molar-refractivity contribution in [2.75, 3.05) is 0 Å². The number of hydrogen-bond acceptors (Lipinski definition) is 2. The van der Waals surface area contributed by atoms with Crippen molar-refractivity contribution in [1.82, 2.24) is 0 Å². The van der Waals surface area contributed by atoms with Crippen molar-refractivity contribution in [2.24, 2.45) is 10.9 Å². The van der Waals surface area contributed by atoms with Crippen LogP contribution < -0.4 is 5.73 Å². The van der Waals surface area contributed by atoms with Gasteiger partial charge in [0, 0.05) is 5.56 Å². The molecule has 82 valence electrons. The Kier molecular flexibility index (Phi) is 3.03. The first-order valence-electron chi connectivity index (χ1n) is 4.95. The topological polar surface area (TPSA) is 58.6 Å². The number of nitrogens with zero attached hydrogens (tertiary/aromatic N) is 1. The summed E-state index contributed by atoms with van der Waals surface area (Å²) < 4.78 is 0. The molecule has 3 nitrogen and oxygen atoms in total. The summed E-state index contributed by atoms with van der Waals surface area (Å²) in [6, 6.07) is 6.04. The number of aryl methyl sites for hydroxylation is 1. The first-order chi connectivity index (χ1) is 6.86. The number of rotatable bonds is 1.